The minimum Gasteiger partial charge on any atom is -0.508 e. The summed E-state index contributed by atoms with van der Waals surface area (Å²) in [6, 6.07) is 21.8. The van der Waals surface area contributed by atoms with Crippen LogP contribution in [0, 0.1) is 6.92 Å². The lowest BCUT2D eigenvalue weighted by molar-refractivity contribution is 0.105. The summed E-state index contributed by atoms with van der Waals surface area (Å²) in [6.45, 7) is 33.9. The number of aryl methyl sites for hydroxylation is 5. The van der Waals surface area contributed by atoms with Gasteiger partial charge in [0.1, 0.15) is 62.8 Å². The van der Waals surface area contributed by atoms with Crippen LogP contribution < -0.4 is 14.2 Å². The average Bonchev–Trinajstić information content (AvgIpc) is 0.796. The lowest BCUT2D eigenvalue weighted by Crippen LogP contribution is -2.31. The number of fused-ring (bicyclic) bond motifs is 5. The van der Waals surface area contributed by atoms with Gasteiger partial charge in [-0.1, -0.05) is 137 Å². The van der Waals surface area contributed by atoms with Crippen molar-refractivity contribution in [2.24, 2.45) is 0 Å². The maximum Gasteiger partial charge on any atom is 0.132 e. The number of aromatic hydroxyl groups is 5. The highest BCUT2D eigenvalue weighted by Crippen LogP contribution is 2.50. The van der Waals surface area contributed by atoms with E-state index in [9.17, 15) is 25.5 Å². The van der Waals surface area contributed by atoms with E-state index in [4.69, 9.17) is 14.2 Å². The molecule has 5 N–H and O–H groups in total. The molecule has 8 rings (SSSR count). The quantitative estimate of drug-likeness (QED) is 0.0323. The van der Waals surface area contributed by atoms with Gasteiger partial charge in [-0.25, -0.2) is 0 Å². The molecule has 88 heavy (non-hydrogen) atoms. The van der Waals surface area contributed by atoms with Crippen LogP contribution in [0.5, 0.6) is 46.0 Å². The Hall–Kier alpha value is -7.06. The van der Waals surface area contributed by atoms with Crippen molar-refractivity contribution in [2.45, 2.75) is 250 Å². The lowest BCUT2D eigenvalue weighted by Gasteiger charge is -2.35. The minimum absolute atomic E-state index is 0.201. The third kappa shape index (κ3) is 21.9. The molecule has 8 heteroatoms. The van der Waals surface area contributed by atoms with E-state index in [0.29, 0.717) is 29.2 Å². The third-order valence-electron chi connectivity index (χ3n) is 16.5. The Morgan fingerprint density at radius 1 is 0.455 bits per heavy atom. The molecule has 0 radical (unpaired) electrons. The zero-order valence-corrected chi connectivity index (χ0v) is 56.9. The summed E-state index contributed by atoms with van der Waals surface area (Å²) in [7, 11) is 0. The number of unbranched alkanes of at least 4 members (excludes halogenated alkanes) is 4. The first-order chi connectivity index (χ1) is 41.7. The molecular formula is C80H110O8. The normalized spacial score (nSPS) is 16.3. The smallest absolute Gasteiger partial charge is 0.132 e. The molecule has 0 spiro atoms. The average molecular weight is 1200 g/mol. The molecule has 0 bridgehead atoms. The van der Waals surface area contributed by atoms with E-state index in [1.54, 1.807) is 12.1 Å². The topological polar surface area (TPSA) is 129 Å². The minimum atomic E-state index is -0.384. The molecule has 0 saturated heterocycles. The second-order valence-corrected chi connectivity index (χ2v) is 26.4. The van der Waals surface area contributed by atoms with Gasteiger partial charge < -0.3 is 39.7 Å². The molecule has 0 aromatic heterocycles. The van der Waals surface area contributed by atoms with E-state index in [2.05, 4.69) is 184 Å². The summed E-state index contributed by atoms with van der Waals surface area (Å²) < 4.78 is 18.7. The van der Waals surface area contributed by atoms with Gasteiger partial charge in [-0.2, -0.15) is 0 Å². The van der Waals surface area contributed by atoms with E-state index >= 15 is 0 Å². The van der Waals surface area contributed by atoms with Gasteiger partial charge in [0.25, 0.3) is 0 Å². The summed E-state index contributed by atoms with van der Waals surface area (Å²) in [5.74, 6) is 3.81. The zero-order chi connectivity index (χ0) is 64.8. The van der Waals surface area contributed by atoms with E-state index in [1.165, 1.54) is 53.5 Å². The fourth-order valence-corrected chi connectivity index (χ4v) is 11.4. The third-order valence-corrected chi connectivity index (χ3v) is 16.5. The molecule has 3 heterocycles. The molecular weight excluding hydrogens is 1090 g/mol. The number of hydrogen-bond donors (Lipinski definition) is 5. The van der Waals surface area contributed by atoms with Crippen LogP contribution in [0.1, 0.15) is 244 Å². The fraction of sp³-hybridized carbons (Fsp3) is 0.475. The van der Waals surface area contributed by atoms with Gasteiger partial charge >= 0.3 is 0 Å². The predicted molar refractivity (Wildman–Crippen MR) is 372 cm³/mol. The van der Waals surface area contributed by atoms with Crippen LogP contribution in [-0.4, -0.2) is 36.7 Å². The molecule has 0 amide bonds. The van der Waals surface area contributed by atoms with Crippen molar-refractivity contribution in [3.05, 3.63) is 176 Å². The highest BCUT2D eigenvalue weighted by atomic mass is 16.5. The summed E-state index contributed by atoms with van der Waals surface area (Å²) >= 11 is 0. The lowest BCUT2D eigenvalue weighted by atomic mass is 9.84. The van der Waals surface area contributed by atoms with Gasteiger partial charge in [0.05, 0.1) is 16.7 Å². The Morgan fingerprint density at radius 2 is 0.886 bits per heavy atom. The van der Waals surface area contributed by atoms with Crippen LogP contribution >= 0.6 is 0 Å². The number of phenolic OH excluding ortho intramolecular Hbond substituents is 5. The van der Waals surface area contributed by atoms with E-state index < -0.39 is 0 Å². The number of hydrogen-bond acceptors (Lipinski definition) is 8. The van der Waals surface area contributed by atoms with Gasteiger partial charge in [-0.3, -0.25) is 0 Å². The van der Waals surface area contributed by atoms with Crippen molar-refractivity contribution >= 4 is 12.2 Å². The SMILES string of the molecule is CCCCCc1cc(O)c2c(c1)OC(C)(C)c1ccc(C)cc1-2.CCCCCc1cc(O)c2c(c1)OC(C)(CCC=C(C)C)C=C2.CCCc1cc(O)c(C/C=C(\C)CCC=C(C)C)c(O)c1.CCCc1cc(O)c2c(c1)OC(C)(CCC=C(C)C)C=C2. The molecule has 0 fully saturated rings. The summed E-state index contributed by atoms with van der Waals surface area (Å²) in [6.07, 6.45) is 36.5. The van der Waals surface area contributed by atoms with Crippen molar-refractivity contribution in [3.8, 4) is 57.1 Å². The molecule has 0 aliphatic carbocycles. The Bertz CT molecular complexity index is 3250. The maximum atomic E-state index is 10.6. The Morgan fingerprint density at radius 3 is 1.35 bits per heavy atom. The van der Waals surface area contributed by atoms with Gasteiger partial charge in [0.2, 0.25) is 0 Å². The highest BCUT2D eigenvalue weighted by molar-refractivity contribution is 5.82. The molecule has 5 aromatic carbocycles. The maximum absolute atomic E-state index is 10.6. The monoisotopic (exact) mass is 1200 g/mol. The van der Waals surface area contributed by atoms with E-state index in [1.807, 2.05) is 30.4 Å². The van der Waals surface area contributed by atoms with Crippen LogP contribution in [-0.2, 0) is 37.7 Å². The number of benzene rings is 5. The Balaban J connectivity index is 0.000000214. The van der Waals surface area contributed by atoms with Crippen molar-refractivity contribution < 1.29 is 39.7 Å². The standard InChI is InChI=1S/C21H26O2.C21H30O2.C19H26O2.C19H28O2/c1-5-6-7-8-15-12-18(22)20-16-11-14(2)9-10-17(16)21(3,4)23-19(20)13-15;1-5-6-7-10-17-14-19(22)18-11-13-21(4,23-20(18)15-17)12-8-9-16(2)3;1-5-7-15-12-17(20)16-9-11-19(4,21-18(16)13-15)10-6-8-14(2)3;1-5-7-16-12-18(20)17(19(21)13-16)11-10-15(4)9-6-8-14(2)3/h9-13,22H,5-8H2,1-4H3;9,11,13-15,22H,5-8,10,12H2,1-4H3;8-9,11-13,20H,5-7,10H2,1-4H3;8,10,12-13,20-21H,5-7,9,11H2,1-4H3/b;;;15-10+. The van der Waals surface area contributed by atoms with Gasteiger partial charge in [-0.05, 0) is 267 Å². The fourth-order valence-electron chi connectivity index (χ4n) is 11.4. The van der Waals surface area contributed by atoms with Gasteiger partial charge in [0.15, 0.2) is 0 Å². The highest BCUT2D eigenvalue weighted by Gasteiger charge is 2.35. The Kier molecular flexibility index (Phi) is 27.7. The van der Waals surface area contributed by atoms with E-state index in [0.717, 1.165) is 157 Å². The number of ether oxygens (including phenoxy) is 3. The first-order valence-electron chi connectivity index (χ1n) is 33.0. The molecule has 0 saturated carbocycles. The molecule has 2 unspecified atom stereocenters. The summed E-state index contributed by atoms with van der Waals surface area (Å²) in [5, 5.41) is 51.2. The summed E-state index contributed by atoms with van der Waals surface area (Å²) in [4.78, 5) is 0. The second kappa shape index (κ2) is 34.1. The van der Waals surface area contributed by atoms with Gasteiger partial charge in [0, 0.05) is 11.1 Å². The van der Waals surface area contributed by atoms with Crippen LogP contribution in [0.2, 0.25) is 0 Å². The summed E-state index contributed by atoms with van der Waals surface area (Å²) in [5.41, 5.74) is 15.2. The van der Waals surface area contributed by atoms with Crippen LogP contribution in [0.3, 0.4) is 0 Å². The molecule has 3 aliphatic rings. The van der Waals surface area contributed by atoms with Crippen molar-refractivity contribution in [1.82, 2.24) is 0 Å². The zero-order valence-electron chi connectivity index (χ0n) is 56.9. The van der Waals surface area contributed by atoms with Gasteiger partial charge in [-0.15, -0.1) is 0 Å². The Labute approximate surface area is 531 Å². The van der Waals surface area contributed by atoms with Crippen molar-refractivity contribution in [2.75, 3.05) is 0 Å². The number of rotatable bonds is 23. The first-order valence-corrected chi connectivity index (χ1v) is 33.0. The van der Waals surface area contributed by atoms with Crippen molar-refractivity contribution in [1.29, 1.82) is 0 Å². The molecule has 5 aromatic rings. The predicted octanol–water partition coefficient (Wildman–Crippen LogP) is 22.3. The molecule has 8 nitrogen and oxygen atoms in total. The van der Waals surface area contributed by atoms with Crippen LogP contribution in [0.4, 0.5) is 0 Å². The van der Waals surface area contributed by atoms with Crippen molar-refractivity contribution in [3.63, 3.8) is 0 Å². The van der Waals surface area contributed by atoms with Crippen LogP contribution in [0.25, 0.3) is 23.3 Å². The van der Waals surface area contributed by atoms with Crippen LogP contribution in [0.15, 0.2) is 125 Å². The first kappa shape index (κ1) is 71.7. The second-order valence-electron chi connectivity index (χ2n) is 26.4. The molecule has 2 atom stereocenters. The molecule has 478 valence electrons. The largest absolute Gasteiger partial charge is 0.508 e. The molecule has 3 aliphatic heterocycles. The van der Waals surface area contributed by atoms with E-state index in [-0.39, 0.29) is 28.3 Å². The number of phenols is 5. The number of allylic oxidation sites excluding steroid dienone is 8.